The molecule has 0 saturated carbocycles. The van der Waals surface area contributed by atoms with Gasteiger partial charge in [-0.15, -0.1) is 0 Å². The fraction of sp³-hybridized carbons (Fsp3) is 0.417. The molecule has 3 heteroatoms. The zero-order valence-electron chi connectivity index (χ0n) is 9.01. The molecule has 0 spiro atoms. The first kappa shape index (κ1) is 12.2. The summed E-state index contributed by atoms with van der Waals surface area (Å²) in [4.78, 5) is 10.4. The fourth-order valence-electron chi connectivity index (χ4n) is 1.56. The Labute approximate surface area is 98.4 Å². The van der Waals surface area contributed by atoms with Gasteiger partial charge in [-0.3, -0.25) is 4.79 Å². The molecular formula is C12H15BrO2. The van der Waals surface area contributed by atoms with Gasteiger partial charge in [-0.1, -0.05) is 22.0 Å². The van der Waals surface area contributed by atoms with E-state index in [9.17, 15) is 4.79 Å². The highest BCUT2D eigenvalue weighted by molar-refractivity contribution is 9.10. The minimum atomic E-state index is -0.726. The van der Waals surface area contributed by atoms with E-state index in [-0.39, 0.29) is 6.42 Å². The Balaban J connectivity index is 2.75. The molecule has 0 saturated heterocycles. The van der Waals surface area contributed by atoms with Crippen LogP contribution < -0.4 is 0 Å². The van der Waals surface area contributed by atoms with E-state index in [2.05, 4.69) is 35.8 Å². The second-order valence-electron chi connectivity index (χ2n) is 3.72. The highest BCUT2D eigenvalue weighted by Crippen LogP contribution is 2.24. The number of carbonyl (C=O) groups is 1. The molecule has 0 aliphatic heterocycles. The molecule has 1 aromatic rings. The molecule has 0 bridgehead atoms. The number of hydrogen-bond donors (Lipinski definition) is 1. The van der Waals surface area contributed by atoms with Crippen LogP contribution in [0.1, 0.15) is 29.5 Å². The molecule has 15 heavy (non-hydrogen) atoms. The van der Waals surface area contributed by atoms with Crippen LogP contribution in [0.25, 0.3) is 0 Å². The number of aryl methyl sites for hydroxylation is 1. The average molecular weight is 271 g/mol. The van der Waals surface area contributed by atoms with E-state index in [1.165, 1.54) is 16.7 Å². The zero-order chi connectivity index (χ0) is 11.4. The molecule has 0 unspecified atom stereocenters. The van der Waals surface area contributed by atoms with Crippen molar-refractivity contribution >= 4 is 21.9 Å². The molecule has 0 amide bonds. The molecule has 2 nitrogen and oxygen atoms in total. The quantitative estimate of drug-likeness (QED) is 0.910. The Hall–Kier alpha value is -0.830. The summed E-state index contributed by atoms with van der Waals surface area (Å²) in [6.45, 7) is 4.15. The van der Waals surface area contributed by atoms with Crippen molar-refractivity contribution in [3.63, 3.8) is 0 Å². The normalized spacial score (nSPS) is 10.3. The second-order valence-corrected chi connectivity index (χ2v) is 4.57. The third-order valence-corrected chi connectivity index (χ3v) is 3.37. The van der Waals surface area contributed by atoms with Crippen molar-refractivity contribution in [2.24, 2.45) is 0 Å². The lowest BCUT2D eigenvalue weighted by Crippen LogP contribution is -1.99. The SMILES string of the molecule is Cc1ccc(Br)c(CCCC(=O)O)c1C. The molecule has 0 aliphatic rings. The monoisotopic (exact) mass is 270 g/mol. The molecule has 1 rings (SSSR count). The fourth-order valence-corrected chi connectivity index (χ4v) is 2.19. The van der Waals surface area contributed by atoms with Crippen LogP contribution in [0.15, 0.2) is 16.6 Å². The summed E-state index contributed by atoms with van der Waals surface area (Å²) in [6, 6.07) is 4.10. The van der Waals surface area contributed by atoms with Crippen LogP contribution in [0.4, 0.5) is 0 Å². The Kier molecular flexibility index (Phi) is 4.33. The third-order valence-electron chi connectivity index (χ3n) is 2.63. The molecule has 0 fully saturated rings. The highest BCUT2D eigenvalue weighted by Gasteiger charge is 2.06. The van der Waals surface area contributed by atoms with Crippen molar-refractivity contribution in [1.29, 1.82) is 0 Å². The summed E-state index contributed by atoms with van der Waals surface area (Å²) in [7, 11) is 0. The Morgan fingerprint density at radius 2 is 2.07 bits per heavy atom. The highest BCUT2D eigenvalue weighted by atomic mass is 79.9. The van der Waals surface area contributed by atoms with Crippen molar-refractivity contribution in [3.8, 4) is 0 Å². The van der Waals surface area contributed by atoms with Gasteiger partial charge < -0.3 is 5.11 Å². The van der Waals surface area contributed by atoms with Crippen LogP contribution in [0.5, 0.6) is 0 Å². The van der Waals surface area contributed by atoms with E-state index in [4.69, 9.17) is 5.11 Å². The molecule has 1 aromatic carbocycles. The zero-order valence-corrected chi connectivity index (χ0v) is 10.6. The lowest BCUT2D eigenvalue weighted by Gasteiger charge is -2.10. The van der Waals surface area contributed by atoms with E-state index < -0.39 is 5.97 Å². The van der Waals surface area contributed by atoms with Gasteiger partial charge in [0, 0.05) is 10.9 Å². The van der Waals surface area contributed by atoms with Gasteiger partial charge in [-0.05, 0) is 49.4 Å². The topological polar surface area (TPSA) is 37.3 Å². The standard InChI is InChI=1S/C12H15BrO2/c1-8-6-7-11(13)10(9(8)2)4-3-5-12(14)15/h6-7H,3-5H2,1-2H3,(H,14,15). The van der Waals surface area contributed by atoms with Gasteiger partial charge in [0.05, 0.1) is 0 Å². The van der Waals surface area contributed by atoms with Gasteiger partial charge in [0.2, 0.25) is 0 Å². The second kappa shape index (κ2) is 5.31. The predicted molar refractivity (Wildman–Crippen MR) is 64.2 cm³/mol. The van der Waals surface area contributed by atoms with E-state index in [0.717, 1.165) is 10.9 Å². The number of halogens is 1. The molecule has 0 aromatic heterocycles. The predicted octanol–water partition coefficient (Wildman–Crippen LogP) is 3.47. The summed E-state index contributed by atoms with van der Waals surface area (Å²) in [5.41, 5.74) is 3.74. The van der Waals surface area contributed by atoms with Crippen molar-refractivity contribution in [2.75, 3.05) is 0 Å². The summed E-state index contributed by atoms with van der Waals surface area (Å²) in [5.74, 6) is -0.726. The molecule has 1 N–H and O–H groups in total. The van der Waals surface area contributed by atoms with Crippen molar-refractivity contribution in [3.05, 3.63) is 33.3 Å². The third kappa shape index (κ3) is 3.34. The molecular weight excluding hydrogens is 256 g/mol. The number of carboxylic acids is 1. The number of carboxylic acid groups (broad SMARTS) is 1. The minimum absolute atomic E-state index is 0.236. The lowest BCUT2D eigenvalue weighted by atomic mass is 9.99. The van der Waals surface area contributed by atoms with E-state index in [1.807, 2.05) is 6.07 Å². The summed E-state index contributed by atoms with van der Waals surface area (Å²) in [5, 5.41) is 8.57. The van der Waals surface area contributed by atoms with Crippen LogP contribution in [-0.4, -0.2) is 11.1 Å². The number of benzene rings is 1. The van der Waals surface area contributed by atoms with Crippen LogP contribution in [0, 0.1) is 13.8 Å². The first-order valence-corrected chi connectivity index (χ1v) is 5.78. The Morgan fingerprint density at radius 1 is 1.40 bits per heavy atom. The van der Waals surface area contributed by atoms with Gasteiger partial charge in [-0.25, -0.2) is 0 Å². The molecule has 0 atom stereocenters. The summed E-state index contributed by atoms with van der Waals surface area (Å²) < 4.78 is 1.08. The van der Waals surface area contributed by atoms with Crippen LogP contribution in [0.2, 0.25) is 0 Å². The van der Waals surface area contributed by atoms with Crippen molar-refractivity contribution < 1.29 is 9.90 Å². The van der Waals surface area contributed by atoms with E-state index in [0.29, 0.717) is 6.42 Å². The van der Waals surface area contributed by atoms with E-state index >= 15 is 0 Å². The van der Waals surface area contributed by atoms with Crippen molar-refractivity contribution in [1.82, 2.24) is 0 Å². The lowest BCUT2D eigenvalue weighted by molar-refractivity contribution is -0.137. The number of hydrogen-bond acceptors (Lipinski definition) is 1. The Morgan fingerprint density at radius 3 is 2.67 bits per heavy atom. The van der Waals surface area contributed by atoms with Gasteiger partial charge in [-0.2, -0.15) is 0 Å². The minimum Gasteiger partial charge on any atom is -0.481 e. The maximum Gasteiger partial charge on any atom is 0.303 e. The van der Waals surface area contributed by atoms with Crippen LogP contribution in [0.3, 0.4) is 0 Å². The smallest absolute Gasteiger partial charge is 0.303 e. The Bertz CT molecular complexity index is 372. The van der Waals surface area contributed by atoms with Gasteiger partial charge in [0.15, 0.2) is 0 Å². The summed E-state index contributed by atoms with van der Waals surface area (Å²) >= 11 is 3.50. The first-order valence-electron chi connectivity index (χ1n) is 4.98. The largest absolute Gasteiger partial charge is 0.481 e. The number of aliphatic carboxylic acids is 1. The van der Waals surface area contributed by atoms with Crippen molar-refractivity contribution in [2.45, 2.75) is 33.1 Å². The number of rotatable bonds is 4. The van der Waals surface area contributed by atoms with Crippen LogP contribution >= 0.6 is 15.9 Å². The summed E-state index contributed by atoms with van der Waals surface area (Å²) in [6.07, 6.45) is 1.75. The maximum atomic E-state index is 10.4. The van der Waals surface area contributed by atoms with Gasteiger partial charge in [0.25, 0.3) is 0 Å². The van der Waals surface area contributed by atoms with Gasteiger partial charge >= 0.3 is 5.97 Å². The maximum absolute atomic E-state index is 10.4. The van der Waals surface area contributed by atoms with E-state index in [1.54, 1.807) is 0 Å². The van der Waals surface area contributed by atoms with Crippen LogP contribution in [-0.2, 0) is 11.2 Å². The van der Waals surface area contributed by atoms with Gasteiger partial charge in [0.1, 0.15) is 0 Å². The first-order chi connectivity index (χ1) is 7.02. The molecule has 0 radical (unpaired) electrons. The molecule has 0 heterocycles. The molecule has 0 aliphatic carbocycles. The average Bonchev–Trinajstić information content (AvgIpc) is 2.17. The molecule has 82 valence electrons.